The maximum atomic E-state index is 12.8. The van der Waals surface area contributed by atoms with E-state index in [-0.39, 0.29) is 15.6 Å². The van der Waals surface area contributed by atoms with Gasteiger partial charge >= 0.3 is 0 Å². The SMILES string of the molecule is CCn1c(=O)c(C(=O)Nc2ccc(S(=O)(=O)Nc3nccs3)cc2)cc2cccnc21. The van der Waals surface area contributed by atoms with E-state index in [0.717, 1.165) is 11.3 Å². The van der Waals surface area contributed by atoms with Crippen LogP contribution in [0.15, 0.2) is 69.9 Å². The number of carbonyl (C=O) groups is 1. The fourth-order valence-electron chi connectivity index (χ4n) is 3.03. The average Bonchev–Trinajstić information content (AvgIpc) is 3.26. The van der Waals surface area contributed by atoms with E-state index in [0.29, 0.717) is 23.3 Å². The first-order valence-electron chi connectivity index (χ1n) is 9.21. The molecule has 1 amide bonds. The number of benzene rings is 1. The summed E-state index contributed by atoms with van der Waals surface area (Å²) in [4.78, 5) is 33.6. The third kappa shape index (κ3) is 4.18. The minimum absolute atomic E-state index is 0.0193. The highest BCUT2D eigenvalue weighted by Crippen LogP contribution is 2.20. The van der Waals surface area contributed by atoms with Crippen LogP contribution in [0.3, 0.4) is 0 Å². The Balaban J connectivity index is 1.58. The second kappa shape index (κ2) is 8.28. The molecule has 0 saturated carbocycles. The highest BCUT2D eigenvalue weighted by Gasteiger charge is 2.18. The van der Waals surface area contributed by atoms with Crippen LogP contribution >= 0.6 is 11.3 Å². The molecule has 31 heavy (non-hydrogen) atoms. The van der Waals surface area contributed by atoms with Crippen molar-refractivity contribution < 1.29 is 13.2 Å². The van der Waals surface area contributed by atoms with Gasteiger partial charge in [0.15, 0.2) is 5.13 Å². The van der Waals surface area contributed by atoms with Gasteiger partial charge in [0.25, 0.3) is 21.5 Å². The summed E-state index contributed by atoms with van der Waals surface area (Å²) in [5, 5.41) is 5.23. The van der Waals surface area contributed by atoms with Crippen molar-refractivity contribution in [2.45, 2.75) is 18.4 Å². The molecule has 4 aromatic rings. The second-order valence-electron chi connectivity index (χ2n) is 6.44. The molecule has 0 unspecified atom stereocenters. The molecule has 0 radical (unpaired) electrons. The number of rotatable bonds is 6. The molecular weight excluding hydrogens is 438 g/mol. The smallest absolute Gasteiger partial charge is 0.265 e. The van der Waals surface area contributed by atoms with Gasteiger partial charge in [0.2, 0.25) is 0 Å². The molecule has 0 bridgehead atoms. The normalized spacial score (nSPS) is 11.4. The van der Waals surface area contributed by atoms with Crippen LogP contribution in [0.5, 0.6) is 0 Å². The minimum atomic E-state index is -3.80. The lowest BCUT2D eigenvalue weighted by Gasteiger charge is -2.11. The largest absolute Gasteiger partial charge is 0.322 e. The standard InChI is InChI=1S/C20H17N5O4S2/c1-2-25-17-13(4-3-9-21-17)12-16(19(25)27)18(26)23-14-5-7-15(8-6-14)31(28,29)24-20-22-10-11-30-20/h3-12H,2H2,1H3,(H,22,24)(H,23,26). The minimum Gasteiger partial charge on any atom is -0.322 e. The molecule has 0 atom stereocenters. The maximum Gasteiger partial charge on any atom is 0.265 e. The Morgan fingerprint density at radius 2 is 1.90 bits per heavy atom. The summed E-state index contributed by atoms with van der Waals surface area (Å²) >= 11 is 1.16. The highest BCUT2D eigenvalue weighted by molar-refractivity contribution is 7.93. The Morgan fingerprint density at radius 1 is 1.13 bits per heavy atom. The summed E-state index contributed by atoms with van der Waals surface area (Å²) in [7, 11) is -3.80. The summed E-state index contributed by atoms with van der Waals surface area (Å²) in [5.74, 6) is -0.588. The molecule has 9 nitrogen and oxygen atoms in total. The van der Waals surface area contributed by atoms with Crippen LogP contribution in [0.2, 0.25) is 0 Å². The summed E-state index contributed by atoms with van der Waals surface area (Å²) < 4.78 is 28.6. The lowest BCUT2D eigenvalue weighted by Crippen LogP contribution is -2.29. The molecule has 0 aliphatic carbocycles. The van der Waals surface area contributed by atoms with E-state index in [4.69, 9.17) is 0 Å². The van der Waals surface area contributed by atoms with E-state index >= 15 is 0 Å². The lowest BCUT2D eigenvalue weighted by molar-refractivity contribution is 0.102. The summed E-state index contributed by atoms with van der Waals surface area (Å²) in [5.41, 5.74) is 0.392. The molecule has 0 spiro atoms. The Bertz CT molecular complexity index is 1410. The van der Waals surface area contributed by atoms with Crippen molar-refractivity contribution in [3.63, 3.8) is 0 Å². The molecule has 0 fully saturated rings. The number of hydrogen-bond donors (Lipinski definition) is 2. The molecule has 0 aliphatic rings. The number of anilines is 2. The van der Waals surface area contributed by atoms with Crippen molar-refractivity contribution in [2.75, 3.05) is 10.0 Å². The van der Waals surface area contributed by atoms with E-state index in [9.17, 15) is 18.0 Å². The summed E-state index contributed by atoms with van der Waals surface area (Å²) in [6.07, 6.45) is 3.09. The molecule has 11 heteroatoms. The molecule has 2 N–H and O–H groups in total. The van der Waals surface area contributed by atoms with Crippen LogP contribution < -0.4 is 15.6 Å². The quantitative estimate of drug-likeness (QED) is 0.461. The molecule has 3 heterocycles. The molecule has 1 aromatic carbocycles. The van der Waals surface area contributed by atoms with Crippen LogP contribution in [-0.4, -0.2) is 28.9 Å². The van der Waals surface area contributed by atoms with E-state index in [1.165, 1.54) is 41.1 Å². The van der Waals surface area contributed by atoms with Gasteiger partial charge in [0.05, 0.1) is 4.90 Å². The predicted molar refractivity (Wildman–Crippen MR) is 119 cm³/mol. The van der Waals surface area contributed by atoms with Crippen molar-refractivity contribution in [2.24, 2.45) is 0 Å². The van der Waals surface area contributed by atoms with Gasteiger partial charge in [-0.1, -0.05) is 0 Å². The van der Waals surface area contributed by atoms with Crippen molar-refractivity contribution in [3.05, 3.63) is 76.2 Å². The first-order valence-corrected chi connectivity index (χ1v) is 11.6. The number of nitrogens with one attached hydrogen (secondary N) is 2. The van der Waals surface area contributed by atoms with Gasteiger partial charge in [-0.3, -0.25) is 18.9 Å². The van der Waals surface area contributed by atoms with Gasteiger partial charge in [0, 0.05) is 35.4 Å². The number of nitrogens with zero attached hydrogens (tertiary/aromatic N) is 3. The Labute approximate surface area is 181 Å². The van der Waals surface area contributed by atoms with Crippen LogP contribution in [-0.2, 0) is 16.6 Å². The van der Waals surface area contributed by atoms with Gasteiger partial charge in [-0.25, -0.2) is 18.4 Å². The van der Waals surface area contributed by atoms with Gasteiger partial charge < -0.3 is 5.32 Å². The third-order valence-electron chi connectivity index (χ3n) is 4.49. The molecule has 3 aromatic heterocycles. The van der Waals surface area contributed by atoms with Crippen LogP contribution in [0.4, 0.5) is 10.8 Å². The zero-order chi connectivity index (χ0) is 22.0. The predicted octanol–water partition coefficient (Wildman–Crippen LogP) is 2.93. The van der Waals surface area contributed by atoms with Gasteiger partial charge in [-0.15, -0.1) is 11.3 Å². The second-order valence-corrected chi connectivity index (χ2v) is 9.02. The number of amides is 1. The molecule has 0 saturated heterocycles. The number of aryl methyl sites for hydroxylation is 1. The van der Waals surface area contributed by atoms with E-state index in [2.05, 4.69) is 20.0 Å². The van der Waals surface area contributed by atoms with Gasteiger partial charge in [-0.05, 0) is 49.4 Å². The third-order valence-corrected chi connectivity index (χ3v) is 6.66. The number of hydrogen-bond acceptors (Lipinski definition) is 7. The molecule has 158 valence electrons. The van der Waals surface area contributed by atoms with Crippen LogP contribution in [0.25, 0.3) is 11.0 Å². The Morgan fingerprint density at radius 3 is 2.58 bits per heavy atom. The first-order chi connectivity index (χ1) is 14.9. The maximum absolute atomic E-state index is 12.8. The lowest BCUT2D eigenvalue weighted by atomic mass is 10.2. The fourth-order valence-corrected chi connectivity index (χ4v) is 4.81. The number of sulfonamides is 1. The van der Waals surface area contributed by atoms with Crippen LogP contribution in [0, 0.1) is 0 Å². The van der Waals surface area contributed by atoms with Gasteiger partial charge in [-0.2, -0.15) is 0 Å². The Kier molecular flexibility index (Phi) is 5.53. The van der Waals surface area contributed by atoms with E-state index in [1.807, 2.05) is 0 Å². The Hall–Kier alpha value is -3.57. The number of thiazole rings is 1. The molecular formula is C20H17N5O4S2. The summed E-state index contributed by atoms with van der Waals surface area (Å²) in [6, 6.07) is 10.6. The highest BCUT2D eigenvalue weighted by atomic mass is 32.2. The number of carbonyl (C=O) groups excluding carboxylic acids is 1. The molecule has 0 aliphatic heterocycles. The monoisotopic (exact) mass is 455 g/mol. The topological polar surface area (TPSA) is 123 Å². The van der Waals surface area contributed by atoms with E-state index < -0.39 is 21.5 Å². The fraction of sp³-hybridized carbons (Fsp3) is 0.100. The summed E-state index contributed by atoms with van der Waals surface area (Å²) in [6.45, 7) is 2.17. The van der Waals surface area contributed by atoms with Crippen molar-refractivity contribution in [1.29, 1.82) is 0 Å². The first kappa shape index (κ1) is 20.7. The number of aromatic nitrogens is 3. The zero-order valence-corrected chi connectivity index (χ0v) is 17.9. The van der Waals surface area contributed by atoms with Gasteiger partial charge in [0.1, 0.15) is 11.2 Å². The molecule has 4 rings (SSSR count). The zero-order valence-electron chi connectivity index (χ0n) is 16.3. The van der Waals surface area contributed by atoms with Crippen molar-refractivity contribution in [3.8, 4) is 0 Å². The number of pyridine rings is 2. The van der Waals surface area contributed by atoms with Crippen molar-refractivity contribution >= 4 is 49.1 Å². The average molecular weight is 456 g/mol. The van der Waals surface area contributed by atoms with E-state index in [1.54, 1.807) is 30.6 Å². The number of fused-ring (bicyclic) bond motifs is 1. The van der Waals surface area contributed by atoms with Crippen molar-refractivity contribution in [1.82, 2.24) is 14.5 Å². The van der Waals surface area contributed by atoms with Crippen LogP contribution in [0.1, 0.15) is 17.3 Å².